The van der Waals surface area contributed by atoms with E-state index in [4.69, 9.17) is 0 Å². The highest BCUT2D eigenvalue weighted by Crippen LogP contribution is 2.08. The van der Waals surface area contributed by atoms with E-state index in [0.717, 1.165) is 0 Å². The smallest absolute Gasteiger partial charge is 0.358 e. The number of aliphatic hydroxyl groups is 1. The number of hydrogen-bond donors (Lipinski definition) is 1. The molecule has 1 aromatic rings. The lowest BCUT2D eigenvalue weighted by Crippen LogP contribution is -2.27. The molecular formula is C10H15N3O3. The Labute approximate surface area is 93.9 Å². The van der Waals surface area contributed by atoms with E-state index in [1.165, 1.54) is 13.2 Å². The van der Waals surface area contributed by atoms with Gasteiger partial charge in [0.05, 0.1) is 13.2 Å². The van der Waals surface area contributed by atoms with Gasteiger partial charge in [-0.3, -0.25) is 0 Å². The number of aromatic nitrogens is 2. The van der Waals surface area contributed by atoms with Crippen LogP contribution in [0.5, 0.6) is 0 Å². The molecule has 0 amide bonds. The third-order valence-electron chi connectivity index (χ3n) is 1.97. The first-order valence-electron chi connectivity index (χ1n) is 4.86. The van der Waals surface area contributed by atoms with Gasteiger partial charge in [-0.2, -0.15) is 0 Å². The van der Waals surface area contributed by atoms with Crippen molar-refractivity contribution in [1.82, 2.24) is 10.2 Å². The zero-order valence-electron chi connectivity index (χ0n) is 9.54. The van der Waals surface area contributed by atoms with Gasteiger partial charge in [-0.15, -0.1) is 10.2 Å². The maximum absolute atomic E-state index is 11.1. The zero-order valence-corrected chi connectivity index (χ0v) is 9.54. The van der Waals surface area contributed by atoms with Crippen LogP contribution in [-0.2, 0) is 4.74 Å². The first-order valence-corrected chi connectivity index (χ1v) is 4.86. The number of carbonyl (C=O) groups excluding carboxylic acids is 1. The number of hydrogen-bond acceptors (Lipinski definition) is 6. The molecule has 0 aliphatic rings. The van der Waals surface area contributed by atoms with Crippen LogP contribution in [0.25, 0.3) is 0 Å². The molecule has 16 heavy (non-hydrogen) atoms. The van der Waals surface area contributed by atoms with Crippen molar-refractivity contribution in [3.8, 4) is 0 Å². The summed E-state index contributed by atoms with van der Waals surface area (Å²) in [6.45, 7) is 2.14. The van der Waals surface area contributed by atoms with Gasteiger partial charge in [-0.25, -0.2) is 4.79 Å². The molecule has 1 N–H and O–H groups in total. The molecular weight excluding hydrogens is 210 g/mol. The standard InChI is InChI=1S/C10H15N3O3/c1-7(14)6-13(2)9-5-4-8(11-12-9)10(15)16-3/h4-5,7,14H,6H2,1-3H3. The van der Waals surface area contributed by atoms with E-state index in [-0.39, 0.29) is 5.69 Å². The molecule has 88 valence electrons. The quantitative estimate of drug-likeness (QED) is 0.731. The number of aliphatic hydroxyl groups excluding tert-OH is 1. The summed E-state index contributed by atoms with van der Waals surface area (Å²) in [6, 6.07) is 3.19. The highest BCUT2D eigenvalue weighted by atomic mass is 16.5. The molecule has 0 aliphatic carbocycles. The molecule has 1 unspecified atom stereocenters. The van der Waals surface area contributed by atoms with E-state index in [1.807, 2.05) is 0 Å². The third-order valence-corrected chi connectivity index (χ3v) is 1.97. The summed E-state index contributed by atoms with van der Waals surface area (Å²) in [5.41, 5.74) is 0.164. The van der Waals surface area contributed by atoms with Crippen molar-refractivity contribution in [2.45, 2.75) is 13.0 Å². The van der Waals surface area contributed by atoms with Gasteiger partial charge in [0, 0.05) is 13.6 Å². The molecule has 0 saturated heterocycles. The summed E-state index contributed by atoms with van der Waals surface area (Å²) in [4.78, 5) is 12.8. The number of rotatable bonds is 4. The molecule has 1 atom stereocenters. The van der Waals surface area contributed by atoms with E-state index >= 15 is 0 Å². The largest absolute Gasteiger partial charge is 0.464 e. The minimum absolute atomic E-state index is 0.164. The molecule has 0 spiro atoms. The molecule has 1 rings (SSSR count). The van der Waals surface area contributed by atoms with Crippen LogP contribution in [0.15, 0.2) is 12.1 Å². The summed E-state index contributed by atoms with van der Waals surface area (Å²) in [5, 5.41) is 16.8. The molecule has 0 saturated carbocycles. The monoisotopic (exact) mass is 225 g/mol. The van der Waals surface area contributed by atoms with E-state index in [1.54, 1.807) is 24.9 Å². The van der Waals surface area contributed by atoms with Crippen LogP contribution >= 0.6 is 0 Å². The number of likely N-dealkylation sites (N-methyl/N-ethyl adjacent to an activating group) is 1. The molecule has 0 fully saturated rings. The van der Waals surface area contributed by atoms with Crippen LogP contribution in [0.4, 0.5) is 5.82 Å². The summed E-state index contributed by atoms with van der Waals surface area (Å²) in [5.74, 6) is 0.0748. The van der Waals surface area contributed by atoms with Crippen molar-refractivity contribution in [2.24, 2.45) is 0 Å². The first-order chi connectivity index (χ1) is 7.54. The Hall–Kier alpha value is -1.69. The lowest BCUT2D eigenvalue weighted by Gasteiger charge is -2.18. The van der Waals surface area contributed by atoms with Crippen molar-refractivity contribution in [1.29, 1.82) is 0 Å². The van der Waals surface area contributed by atoms with Crippen molar-refractivity contribution in [3.63, 3.8) is 0 Å². The Balaban J connectivity index is 2.74. The number of nitrogens with zero attached hydrogens (tertiary/aromatic N) is 3. The minimum Gasteiger partial charge on any atom is -0.464 e. The van der Waals surface area contributed by atoms with Gasteiger partial charge < -0.3 is 14.7 Å². The molecule has 0 radical (unpaired) electrons. The highest BCUT2D eigenvalue weighted by molar-refractivity contribution is 5.86. The zero-order chi connectivity index (χ0) is 12.1. The van der Waals surface area contributed by atoms with E-state index < -0.39 is 12.1 Å². The Morgan fingerprint density at radius 2 is 2.25 bits per heavy atom. The van der Waals surface area contributed by atoms with Crippen molar-refractivity contribution in [2.75, 3.05) is 25.6 Å². The van der Waals surface area contributed by atoms with Crippen LogP contribution in [0.1, 0.15) is 17.4 Å². The van der Waals surface area contributed by atoms with Crippen molar-refractivity contribution < 1.29 is 14.6 Å². The molecule has 0 bridgehead atoms. The lowest BCUT2D eigenvalue weighted by molar-refractivity contribution is 0.0592. The van der Waals surface area contributed by atoms with Gasteiger partial charge >= 0.3 is 5.97 Å². The average molecular weight is 225 g/mol. The third kappa shape index (κ3) is 3.16. The van der Waals surface area contributed by atoms with E-state index in [2.05, 4.69) is 14.9 Å². The van der Waals surface area contributed by atoms with Crippen molar-refractivity contribution in [3.05, 3.63) is 17.8 Å². The van der Waals surface area contributed by atoms with Crippen LogP contribution < -0.4 is 4.90 Å². The maximum Gasteiger partial charge on any atom is 0.358 e. The predicted octanol–water partition coefficient (Wildman–Crippen LogP) is 0.0802. The Morgan fingerprint density at radius 1 is 1.56 bits per heavy atom. The molecule has 1 aromatic heterocycles. The summed E-state index contributed by atoms with van der Waals surface area (Å²) in [6.07, 6.45) is -0.452. The normalized spacial score (nSPS) is 12.0. The van der Waals surface area contributed by atoms with Gasteiger partial charge in [0.1, 0.15) is 0 Å². The van der Waals surface area contributed by atoms with Crippen LogP contribution in [0, 0.1) is 0 Å². The van der Waals surface area contributed by atoms with Crippen molar-refractivity contribution >= 4 is 11.8 Å². The highest BCUT2D eigenvalue weighted by Gasteiger charge is 2.10. The Morgan fingerprint density at radius 3 is 2.69 bits per heavy atom. The van der Waals surface area contributed by atoms with E-state index in [9.17, 15) is 9.90 Å². The predicted molar refractivity (Wildman–Crippen MR) is 58.3 cm³/mol. The second-order valence-electron chi connectivity index (χ2n) is 3.50. The second kappa shape index (κ2) is 5.41. The van der Waals surface area contributed by atoms with Crippen LogP contribution in [0.2, 0.25) is 0 Å². The van der Waals surface area contributed by atoms with Gasteiger partial charge in [0.2, 0.25) is 0 Å². The number of esters is 1. The fourth-order valence-corrected chi connectivity index (χ4v) is 1.23. The molecule has 6 heteroatoms. The lowest BCUT2D eigenvalue weighted by atomic mass is 10.3. The number of carbonyl (C=O) groups is 1. The number of methoxy groups -OCH3 is 1. The van der Waals surface area contributed by atoms with Gasteiger partial charge in [-0.05, 0) is 19.1 Å². The molecule has 1 heterocycles. The minimum atomic E-state index is -0.516. The van der Waals surface area contributed by atoms with E-state index in [0.29, 0.717) is 12.4 Å². The summed E-state index contributed by atoms with van der Waals surface area (Å²) < 4.78 is 4.51. The Bertz CT molecular complexity index is 351. The van der Waals surface area contributed by atoms with Gasteiger partial charge in [0.15, 0.2) is 11.5 Å². The average Bonchev–Trinajstić information content (AvgIpc) is 2.27. The number of ether oxygens (including phenoxy) is 1. The Kier molecular flexibility index (Phi) is 4.19. The molecule has 0 aliphatic heterocycles. The van der Waals surface area contributed by atoms with Crippen LogP contribution in [-0.4, -0.2) is 48.1 Å². The summed E-state index contributed by atoms with van der Waals surface area (Å²) in [7, 11) is 3.08. The summed E-state index contributed by atoms with van der Waals surface area (Å²) >= 11 is 0. The first kappa shape index (κ1) is 12.4. The number of anilines is 1. The topological polar surface area (TPSA) is 75.5 Å². The van der Waals surface area contributed by atoms with Gasteiger partial charge in [-0.1, -0.05) is 0 Å². The maximum atomic E-state index is 11.1. The SMILES string of the molecule is COC(=O)c1ccc(N(C)CC(C)O)nn1. The molecule has 6 nitrogen and oxygen atoms in total. The van der Waals surface area contributed by atoms with Gasteiger partial charge in [0.25, 0.3) is 0 Å². The fourth-order valence-electron chi connectivity index (χ4n) is 1.23. The second-order valence-corrected chi connectivity index (χ2v) is 3.50. The van der Waals surface area contributed by atoms with Crippen LogP contribution in [0.3, 0.4) is 0 Å². The molecule has 0 aromatic carbocycles. The fraction of sp³-hybridized carbons (Fsp3) is 0.500.